The van der Waals surface area contributed by atoms with Crippen molar-refractivity contribution in [2.24, 2.45) is 0 Å². The highest BCUT2D eigenvalue weighted by Crippen LogP contribution is 2.24. The molecule has 0 aliphatic rings. The van der Waals surface area contributed by atoms with E-state index in [1.807, 2.05) is 12.1 Å². The van der Waals surface area contributed by atoms with E-state index in [1.165, 1.54) is 0 Å². The zero-order chi connectivity index (χ0) is 11.4. The van der Waals surface area contributed by atoms with Crippen LogP contribution in [0, 0.1) is 11.8 Å². The van der Waals surface area contributed by atoms with Crippen LogP contribution in [0.5, 0.6) is 5.75 Å². The lowest BCUT2D eigenvalue weighted by Crippen LogP contribution is -2.01. The van der Waals surface area contributed by atoms with Gasteiger partial charge in [0.1, 0.15) is 11.6 Å². The second-order valence-electron chi connectivity index (χ2n) is 3.35. The lowest BCUT2D eigenvalue weighted by atomic mass is 10.1. The molecule has 0 aliphatic heterocycles. The molecule has 3 heteroatoms. The van der Waals surface area contributed by atoms with E-state index >= 15 is 0 Å². The Hall–Kier alpha value is -2.21. The van der Waals surface area contributed by atoms with Gasteiger partial charge in [-0.05, 0) is 30.5 Å². The van der Waals surface area contributed by atoms with Crippen LogP contribution in [0.25, 0.3) is 10.8 Å². The molecular formula is C13H12N2O. The molecule has 1 aromatic carbocycles. The van der Waals surface area contributed by atoms with Gasteiger partial charge in [0.25, 0.3) is 0 Å². The second kappa shape index (κ2) is 4.54. The normalized spacial score (nSPS) is 9.56. The summed E-state index contributed by atoms with van der Waals surface area (Å²) in [5.74, 6) is 6.71. The fourth-order valence-electron chi connectivity index (χ4n) is 1.51. The third-order valence-electron chi connectivity index (χ3n) is 2.27. The van der Waals surface area contributed by atoms with E-state index in [2.05, 4.69) is 22.1 Å². The van der Waals surface area contributed by atoms with Crippen LogP contribution in [0.3, 0.4) is 0 Å². The number of phenolic OH excluding ortho intramolecular Hbond substituents is 1. The third kappa shape index (κ3) is 2.06. The fraction of sp³-hybridized carbons (Fsp3) is 0.154. The number of benzene rings is 1. The van der Waals surface area contributed by atoms with Gasteiger partial charge in [-0.1, -0.05) is 12.0 Å². The predicted molar refractivity (Wildman–Crippen MR) is 65.3 cm³/mol. The van der Waals surface area contributed by atoms with Crippen LogP contribution in [0.4, 0.5) is 5.82 Å². The van der Waals surface area contributed by atoms with Crippen molar-refractivity contribution in [3.8, 4) is 17.6 Å². The van der Waals surface area contributed by atoms with E-state index in [-0.39, 0.29) is 5.75 Å². The molecule has 2 rings (SSSR count). The quantitative estimate of drug-likeness (QED) is 0.751. The maximum atomic E-state index is 9.44. The molecule has 1 aromatic heterocycles. The summed E-state index contributed by atoms with van der Waals surface area (Å²) in [7, 11) is 0. The minimum Gasteiger partial charge on any atom is -0.508 e. The van der Waals surface area contributed by atoms with Crippen molar-refractivity contribution in [3.05, 3.63) is 30.5 Å². The Morgan fingerprint density at radius 1 is 1.38 bits per heavy atom. The van der Waals surface area contributed by atoms with Crippen LogP contribution in [-0.2, 0) is 0 Å². The Morgan fingerprint density at radius 3 is 3.06 bits per heavy atom. The highest BCUT2D eigenvalue weighted by Gasteiger charge is 2.01. The molecule has 3 nitrogen and oxygen atoms in total. The first-order chi connectivity index (χ1) is 7.81. The standard InChI is InChI=1S/C13H12N2O/c1-2-3-7-14-13-12-9-11(16)5-4-10(12)6-8-15-13/h4-6,8-9,16H,7H2,1H3,(H,14,15). The van der Waals surface area contributed by atoms with Gasteiger partial charge in [-0.2, -0.15) is 0 Å². The summed E-state index contributed by atoms with van der Waals surface area (Å²) in [5.41, 5.74) is 0. The number of pyridine rings is 1. The Labute approximate surface area is 94.1 Å². The van der Waals surface area contributed by atoms with Crippen LogP contribution < -0.4 is 5.32 Å². The minimum atomic E-state index is 0.241. The number of rotatable bonds is 2. The highest BCUT2D eigenvalue weighted by atomic mass is 16.3. The van der Waals surface area contributed by atoms with Crippen LogP contribution in [0.2, 0.25) is 0 Å². The number of aromatic hydroxyl groups is 1. The first-order valence-corrected chi connectivity index (χ1v) is 5.02. The molecule has 0 atom stereocenters. The first kappa shape index (κ1) is 10.3. The number of phenols is 1. The molecule has 0 amide bonds. The molecule has 0 spiro atoms. The number of aromatic nitrogens is 1. The Kier molecular flexibility index (Phi) is 2.93. The predicted octanol–water partition coefficient (Wildman–Crippen LogP) is 2.38. The molecule has 0 unspecified atom stereocenters. The number of hydrogen-bond donors (Lipinski definition) is 2. The van der Waals surface area contributed by atoms with Crippen molar-refractivity contribution in [2.75, 3.05) is 11.9 Å². The van der Waals surface area contributed by atoms with Crippen LogP contribution in [0.1, 0.15) is 6.92 Å². The van der Waals surface area contributed by atoms with E-state index in [4.69, 9.17) is 0 Å². The van der Waals surface area contributed by atoms with Crippen LogP contribution in [-0.4, -0.2) is 16.6 Å². The topological polar surface area (TPSA) is 45.2 Å². The monoisotopic (exact) mass is 212 g/mol. The summed E-state index contributed by atoms with van der Waals surface area (Å²) in [4.78, 5) is 4.23. The van der Waals surface area contributed by atoms with Crippen LogP contribution >= 0.6 is 0 Å². The number of nitrogens with one attached hydrogen (secondary N) is 1. The van der Waals surface area contributed by atoms with Crippen molar-refractivity contribution >= 4 is 16.6 Å². The van der Waals surface area contributed by atoms with Gasteiger partial charge in [-0.25, -0.2) is 4.98 Å². The minimum absolute atomic E-state index is 0.241. The summed E-state index contributed by atoms with van der Waals surface area (Å²) >= 11 is 0. The third-order valence-corrected chi connectivity index (χ3v) is 2.27. The van der Waals surface area contributed by atoms with Crippen molar-refractivity contribution in [2.45, 2.75) is 6.92 Å². The SMILES string of the molecule is CC#CCNc1nccc2ccc(O)cc12. The van der Waals surface area contributed by atoms with Gasteiger partial charge >= 0.3 is 0 Å². The molecule has 0 bridgehead atoms. The van der Waals surface area contributed by atoms with E-state index in [0.29, 0.717) is 6.54 Å². The van der Waals surface area contributed by atoms with E-state index in [1.54, 1.807) is 25.3 Å². The maximum Gasteiger partial charge on any atom is 0.134 e. The largest absolute Gasteiger partial charge is 0.508 e. The van der Waals surface area contributed by atoms with Crippen molar-refractivity contribution in [1.29, 1.82) is 0 Å². The molecule has 0 saturated heterocycles. The Morgan fingerprint density at radius 2 is 2.25 bits per heavy atom. The zero-order valence-electron chi connectivity index (χ0n) is 8.99. The molecule has 1 heterocycles. The van der Waals surface area contributed by atoms with Crippen molar-refractivity contribution in [3.63, 3.8) is 0 Å². The van der Waals surface area contributed by atoms with E-state index in [9.17, 15) is 5.11 Å². The molecule has 0 fully saturated rings. The van der Waals surface area contributed by atoms with Gasteiger partial charge in [0.05, 0.1) is 6.54 Å². The average molecular weight is 212 g/mol. The van der Waals surface area contributed by atoms with Crippen LogP contribution in [0.15, 0.2) is 30.5 Å². The summed E-state index contributed by atoms with van der Waals surface area (Å²) in [6.07, 6.45) is 1.74. The van der Waals surface area contributed by atoms with Gasteiger partial charge in [0, 0.05) is 11.6 Å². The molecule has 0 saturated carbocycles. The maximum absolute atomic E-state index is 9.44. The fourth-order valence-corrected chi connectivity index (χ4v) is 1.51. The highest BCUT2D eigenvalue weighted by molar-refractivity contribution is 5.92. The lowest BCUT2D eigenvalue weighted by Gasteiger charge is -2.06. The Bertz CT molecular complexity index is 567. The van der Waals surface area contributed by atoms with Gasteiger partial charge in [-0.3, -0.25) is 0 Å². The van der Waals surface area contributed by atoms with Crippen molar-refractivity contribution in [1.82, 2.24) is 4.98 Å². The molecule has 16 heavy (non-hydrogen) atoms. The number of anilines is 1. The number of nitrogens with zero attached hydrogens (tertiary/aromatic N) is 1. The molecular weight excluding hydrogens is 200 g/mol. The number of fused-ring (bicyclic) bond motifs is 1. The van der Waals surface area contributed by atoms with E-state index < -0.39 is 0 Å². The average Bonchev–Trinajstić information content (AvgIpc) is 2.30. The van der Waals surface area contributed by atoms with Gasteiger partial charge in [0.15, 0.2) is 0 Å². The summed E-state index contributed by atoms with van der Waals surface area (Å²) in [6, 6.07) is 7.14. The molecule has 0 radical (unpaired) electrons. The summed E-state index contributed by atoms with van der Waals surface area (Å²) < 4.78 is 0. The summed E-state index contributed by atoms with van der Waals surface area (Å²) in [6.45, 7) is 2.35. The van der Waals surface area contributed by atoms with Crippen molar-refractivity contribution < 1.29 is 5.11 Å². The molecule has 2 N–H and O–H groups in total. The second-order valence-corrected chi connectivity index (χ2v) is 3.35. The zero-order valence-corrected chi connectivity index (χ0v) is 8.99. The first-order valence-electron chi connectivity index (χ1n) is 5.02. The van der Waals surface area contributed by atoms with Gasteiger partial charge < -0.3 is 10.4 Å². The summed E-state index contributed by atoms with van der Waals surface area (Å²) in [5, 5.41) is 14.5. The molecule has 2 aromatic rings. The molecule has 80 valence electrons. The van der Waals surface area contributed by atoms with Gasteiger partial charge in [0.2, 0.25) is 0 Å². The van der Waals surface area contributed by atoms with E-state index in [0.717, 1.165) is 16.6 Å². The lowest BCUT2D eigenvalue weighted by molar-refractivity contribution is 0.476. The molecule has 0 aliphatic carbocycles. The smallest absolute Gasteiger partial charge is 0.134 e. The number of hydrogen-bond acceptors (Lipinski definition) is 3. The Balaban J connectivity index is 2.42. The van der Waals surface area contributed by atoms with Gasteiger partial charge in [-0.15, -0.1) is 5.92 Å².